The second-order valence-electron chi connectivity index (χ2n) is 4.67. The fourth-order valence-electron chi connectivity index (χ4n) is 2.01. The second-order valence-corrected chi connectivity index (χ2v) is 5.73. The van der Waals surface area contributed by atoms with Crippen LogP contribution in [-0.2, 0) is 0 Å². The highest BCUT2D eigenvalue weighted by atomic mass is 32.1. The minimum atomic E-state index is -0.461. The second kappa shape index (κ2) is 5.14. The zero-order valence-electron chi connectivity index (χ0n) is 11.2. The molecule has 0 radical (unpaired) electrons. The monoisotopic (exact) mass is 301 g/mol. The molecule has 106 valence electrons. The van der Waals surface area contributed by atoms with Crippen LogP contribution < -0.4 is 11.1 Å². The average molecular weight is 301 g/mol. The molecule has 0 saturated carbocycles. The van der Waals surface area contributed by atoms with E-state index < -0.39 is 5.82 Å². The molecule has 4 nitrogen and oxygen atoms in total. The lowest BCUT2D eigenvalue weighted by atomic mass is 10.1. The quantitative estimate of drug-likeness (QED) is 0.760. The predicted octanol–water partition coefficient (Wildman–Crippen LogP) is 3.58. The van der Waals surface area contributed by atoms with E-state index in [4.69, 9.17) is 5.73 Å². The fourth-order valence-corrected chi connectivity index (χ4v) is 2.79. The number of halogens is 1. The Morgan fingerprint density at radius 3 is 2.90 bits per heavy atom. The smallest absolute Gasteiger partial charge is 0.255 e. The summed E-state index contributed by atoms with van der Waals surface area (Å²) in [6, 6.07) is 9.65. The maximum atomic E-state index is 13.7. The molecule has 0 atom stereocenters. The van der Waals surface area contributed by atoms with Crippen LogP contribution in [0, 0.1) is 12.7 Å². The van der Waals surface area contributed by atoms with Crippen LogP contribution in [0.4, 0.5) is 15.2 Å². The molecule has 6 heteroatoms. The standard InChI is InChI=1S/C15H12FN3OS/c1-8-2-4-10(16)12(6-8)18-14(20)9-3-5-11-13(7-9)21-15(17)19-11/h2-7H,1H3,(H2,17,19)(H,18,20). The number of amides is 1. The van der Waals surface area contributed by atoms with Gasteiger partial charge in [-0.1, -0.05) is 17.4 Å². The van der Waals surface area contributed by atoms with Gasteiger partial charge in [0.1, 0.15) is 5.82 Å². The first-order valence-electron chi connectivity index (χ1n) is 6.26. The lowest BCUT2D eigenvalue weighted by molar-refractivity contribution is 0.102. The average Bonchev–Trinajstić information content (AvgIpc) is 2.81. The van der Waals surface area contributed by atoms with Gasteiger partial charge in [0.2, 0.25) is 0 Å². The van der Waals surface area contributed by atoms with Gasteiger partial charge in [0.15, 0.2) is 5.13 Å². The number of fused-ring (bicyclic) bond motifs is 1. The third-order valence-electron chi connectivity index (χ3n) is 3.04. The number of nitrogens with one attached hydrogen (secondary N) is 1. The maximum absolute atomic E-state index is 13.7. The molecule has 0 bridgehead atoms. The van der Waals surface area contributed by atoms with Crippen molar-refractivity contribution in [1.29, 1.82) is 0 Å². The van der Waals surface area contributed by atoms with E-state index in [1.54, 1.807) is 30.3 Å². The number of anilines is 2. The first kappa shape index (κ1) is 13.5. The van der Waals surface area contributed by atoms with Crippen molar-refractivity contribution in [1.82, 2.24) is 4.98 Å². The highest BCUT2D eigenvalue weighted by Gasteiger charge is 2.11. The SMILES string of the molecule is Cc1ccc(F)c(NC(=O)c2ccc3nc(N)sc3c2)c1. The van der Waals surface area contributed by atoms with E-state index in [0.717, 1.165) is 15.8 Å². The van der Waals surface area contributed by atoms with E-state index >= 15 is 0 Å². The van der Waals surface area contributed by atoms with E-state index in [1.807, 2.05) is 6.92 Å². The Hall–Kier alpha value is -2.47. The first-order valence-corrected chi connectivity index (χ1v) is 7.08. The molecule has 0 aliphatic carbocycles. The summed E-state index contributed by atoms with van der Waals surface area (Å²) >= 11 is 1.31. The van der Waals surface area contributed by atoms with E-state index in [-0.39, 0.29) is 11.6 Å². The number of nitrogens with zero attached hydrogens (tertiary/aromatic N) is 1. The van der Waals surface area contributed by atoms with Crippen LogP contribution in [0.15, 0.2) is 36.4 Å². The first-order chi connectivity index (χ1) is 10.0. The number of hydrogen-bond donors (Lipinski definition) is 2. The Labute approximate surface area is 124 Å². The zero-order chi connectivity index (χ0) is 15.0. The molecule has 1 amide bonds. The third-order valence-corrected chi connectivity index (χ3v) is 3.88. The van der Waals surface area contributed by atoms with Gasteiger partial charge in [0, 0.05) is 5.56 Å². The fraction of sp³-hybridized carbons (Fsp3) is 0.0667. The van der Waals surface area contributed by atoms with Gasteiger partial charge in [-0.05, 0) is 42.8 Å². The van der Waals surface area contributed by atoms with Crippen molar-refractivity contribution in [2.24, 2.45) is 0 Å². The lowest BCUT2D eigenvalue weighted by Crippen LogP contribution is -2.13. The molecular formula is C15H12FN3OS. The molecule has 0 saturated heterocycles. The number of rotatable bonds is 2. The number of hydrogen-bond acceptors (Lipinski definition) is 4. The summed E-state index contributed by atoms with van der Waals surface area (Å²) in [5.41, 5.74) is 7.86. The molecule has 3 rings (SSSR count). The summed E-state index contributed by atoms with van der Waals surface area (Å²) < 4.78 is 14.5. The Balaban J connectivity index is 1.91. The topological polar surface area (TPSA) is 68.0 Å². The molecule has 3 aromatic rings. The van der Waals surface area contributed by atoms with Crippen molar-refractivity contribution in [3.8, 4) is 0 Å². The van der Waals surface area contributed by atoms with Crippen molar-refractivity contribution < 1.29 is 9.18 Å². The summed E-state index contributed by atoms with van der Waals surface area (Å²) in [6.45, 7) is 1.83. The predicted molar refractivity (Wildman–Crippen MR) is 83.1 cm³/mol. The van der Waals surface area contributed by atoms with Crippen molar-refractivity contribution in [3.05, 3.63) is 53.3 Å². The van der Waals surface area contributed by atoms with Gasteiger partial charge < -0.3 is 11.1 Å². The molecular weight excluding hydrogens is 289 g/mol. The van der Waals surface area contributed by atoms with Gasteiger partial charge in [0.05, 0.1) is 15.9 Å². The minimum absolute atomic E-state index is 0.170. The molecule has 0 aliphatic heterocycles. The Morgan fingerprint density at radius 2 is 2.10 bits per heavy atom. The highest BCUT2D eigenvalue weighted by molar-refractivity contribution is 7.22. The summed E-state index contributed by atoms with van der Waals surface area (Å²) in [5.74, 6) is -0.828. The number of nitrogen functional groups attached to an aromatic ring is 1. The summed E-state index contributed by atoms with van der Waals surface area (Å²) in [7, 11) is 0. The van der Waals surface area contributed by atoms with Gasteiger partial charge in [0.25, 0.3) is 5.91 Å². The van der Waals surface area contributed by atoms with Crippen LogP contribution >= 0.6 is 11.3 Å². The van der Waals surface area contributed by atoms with Gasteiger partial charge in [-0.2, -0.15) is 0 Å². The molecule has 1 heterocycles. The molecule has 2 aromatic carbocycles. The van der Waals surface area contributed by atoms with Crippen LogP contribution in [0.1, 0.15) is 15.9 Å². The van der Waals surface area contributed by atoms with Crippen LogP contribution in [0.5, 0.6) is 0 Å². The maximum Gasteiger partial charge on any atom is 0.255 e. The largest absolute Gasteiger partial charge is 0.375 e. The van der Waals surface area contributed by atoms with Crippen molar-refractivity contribution >= 4 is 38.3 Å². The minimum Gasteiger partial charge on any atom is -0.375 e. The molecule has 21 heavy (non-hydrogen) atoms. The molecule has 1 aromatic heterocycles. The van der Waals surface area contributed by atoms with Gasteiger partial charge >= 0.3 is 0 Å². The van der Waals surface area contributed by atoms with Crippen molar-refractivity contribution in [3.63, 3.8) is 0 Å². The number of benzene rings is 2. The Kier molecular flexibility index (Phi) is 3.31. The Morgan fingerprint density at radius 1 is 1.29 bits per heavy atom. The third kappa shape index (κ3) is 2.71. The lowest BCUT2D eigenvalue weighted by Gasteiger charge is -2.07. The van der Waals surface area contributed by atoms with E-state index in [9.17, 15) is 9.18 Å². The van der Waals surface area contributed by atoms with Crippen LogP contribution in [0.2, 0.25) is 0 Å². The molecule has 0 aliphatic rings. The van der Waals surface area contributed by atoms with Crippen molar-refractivity contribution in [2.45, 2.75) is 6.92 Å². The summed E-state index contributed by atoms with van der Waals surface area (Å²) in [5, 5.41) is 3.03. The summed E-state index contributed by atoms with van der Waals surface area (Å²) in [4.78, 5) is 16.3. The molecule has 0 spiro atoms. The molecule has 0 unspecified atom stereocenters. The van der Waals surface area contributed by atoms with Crippen LogP contribution in [-0.4, -0.2) is 10.9 Å². The van der Waals surface area contributed by atoms with Crippen LogP contribution in [0.25, 0.3) is 10.2 Å². The normalized spacial score (nSPS) is 10.8. The highest BCUT2D eigenvalue weighted by Crippen LogP contribution is 2.25. The zero-order valence-corrected chi connectivity index (χ0v) is 12.0. The molecule has 3 N–H and O–H groups in total. The number of carbonyl (C=O) groups is 1. The van der Waals surface area contributed by atoms with E-state index in [0.29, 0.717) is 10.7 Å². The van der Waals surface area contributed by atoms with Crippen LogP contribution in [0.3, 0.4) is 0 Å². The van der Waals surface area contributed by atoms with Crippen molar-refractivity contribution in [2.75, 3.05) is 11.1 Å². The number of nitrogens with two attached hydrogens (primary N) is 1. The number of aryl methyl sites for hydroxylation is 1. The number of thiazole rings is 1. The van der Waals surface area contributed by atoms with Gasteiger partial charge in [-0.3, -0.25) is 4.79 Å². The Bertz CT molecular complexity index is 844. The van der Waals surface area contributed by atoms with Gasteiger partial charge in [-0.25, -0.2) is 9.37 Å². The molecule has 0 fully saturated rings. The van der Waals surface area contributed by atoms with E-state index in [1.165, 1.54) is 17.4 Å². The summed E-state index contributed by atoms with van der Waals surface area (Å²) in [6.07, 6.45) is 0. The number of aromatic nitrogens is 1. The van der Waals surface area contributed by atoms with Gasteiger partial charge in [-0.15, -0.1) is 0 Å². The van der Waals surface area contributed by atoms with E-state index in [2.05, 4.69) is 10.3 Å². The number of carbonyl (C=O) groups excluding carboxylic acids is 1.